The Labute approximate surface area is 213 Å². The standard InChI is InChI=1S/C25H27ClN6O2S/c1-15(34)30-22-11-17(8-9-27-22)21-12-20(24(35-21)25-28-14-29-31-25)23(16-4-6-18(26)7-5-16)32-10-2-3-19(32)13-33/h4-9,11,14,19,21,23,33H,2-3,10,12-13H2,1H3,(H,27,30,34)(H,28,29,31)/t19-,21?,23?/m1/s1. The van der Waals surface area contributed by atoms with Crippen molar-refractivity contribution in [1.29, 1.82) is 0 Å². The number of aliphatic hydroxyl groups is 1. The molecule has 35 heavy (non-hydrogen) atoms. The SMILES string of the molecule is CC(=O)Nc1cc(C2CC(C(c3ccc(Cl)cc3)N3CCC[C@@H]3CO)=C(c3nnc[nH]3)S2)ccn1. The molecule has 1 saturated heterocycles. The number of H-pyrrole nitrogens is 1. The summed E-state index contributed by atoms with van der Waals surface area (Å²) in [6.45, 7) is 2.50. The zero-order chi connectivity index (χ0) is 24.4. The van der Waals surface area contributed by atoms with Crippen LogP contribution in [0.2, 0.25) is 5.02 Å². The van der Waals surface area contributed by atoms with Crippen LogP contribution >= 0.6 is 23.4 Å². The second-order valence-electron chi connectivity index (χ2n) is 8.83. The molecule has 0 radical (unpaired) electrons. The number of hydrogen-bond donors (Lipinski definition) is 3. The molecule has 3 atom stereocenters. The van der Waals surface area contributed by atoms with Crippen molar-refractivity contribution in [1.82, 2.24) is 25.1 Å². The van der Waals surface area contributed by atoms with Crippen LogP contribution in [-0.4, -0.2) is 55.3 Å². The average molecular weight is 511 g/mol. The molecule has 0 bridgehead atoms. The molecule has 2 aliphatic heterocycles. The van der Waals surface area contributed by atoms with E-state index in [0.717, 1.165) is 47.7 Å². The number of anilines is 1. The zero-order valence-corrected chi connectivity index (χ0v) is 20.9. The lowest BCUT2D eigenvalue weighted by atomic mass is 9.91. The van der Waals surface area contributed by atoms with Gasteiger partial charge < -0.3 is 15.4 Å². The quantitative estimate of drug-likeness (QED) is 0.426. The molecule has 0 spiro atoms. The van der Waals surface area contributed by atoms with Crippen molar-refractivity contribution < 1.29 is 9.90 Å². The highest BCUT2D eigenvalue weighted by molar-refractivity contribution is 8.08. The van der Waals surface area contributed by atoms with Gasteiger partial charge in [0.25, 0.3) is 0 Å². The summed E-state index contributed by atoms with van der Waals surface area (Å²) in [5, 5.41) is 22.1. The molecule has 182 valence electrons. The Morgan fingerprint density at radius 3 is 2.89 bits per heavy atom. The van der Waals surface area contributed by atoms with E-state index in [1.165, 1.54) is 12.5 Å². The van der Waals surface area contributed by atoms with E-state index < -0.39 is 0 Å². The Hall–Kier alpha value is -2.72. The molecule has 5 rings (SSSR count). The van der Waals surface area contributed by atoms with Crippen molar-refractivity contribution in [3.8, 4) is 0 Å². The first-order valence-corrected chi connectivity index (χ1v) is 12.9. The van der Waals surface area contributed by atoms with E-state index in [0.29, 0.717) is 10.8 Å². The lowest BCUT2D eigenvalue weighted by molar-refractivity contribution is -0.114. The van der Waals surface area contributed by atoms with E-state index in [-0.39, 0.29) is 29.8 Å². The number of nitrogens with one attached hydrogen (secondary N) is 2. The molecule has 0 saturated carbocycles. The highest BCUT2D eigenvalue weighted by Crippen LogP contribution is 2.56. The minimum Gasteiger partial charge on any atom is -0.395 e. The number of rotatable bonds is 7. The Balaban J connectivity index is 1.57. The number of nitrogens with zero attached hydrogens (tertiary/aromatic N) is 4. The van der Waals surface area contributed by atoms with Crippen molar-refractivity contribution in [2.75, 3.05) is 18.5 Å². The van der Waals surface area contributed by atoms with Crippen LogP contribution < -0.4 is 5.32 Å². The van der Waals surface area contributed by atoms with Gasteiger partial charge in [-0.25, -0.2) is 4.98 Å². The topological polar surface area (TPSA) is 107 Å². The summed E-state index contributed by atoms with van der Waals surface area (Å²) >= 11 is 7.97. The normalized spacial score (nSPS) is 21.5. The molecule has 3 N–H and O–H groups in total. The van der Waals surface area contributed by atoms with Gasteiger partial charge in [-0.1, -0.05) is 23.7 Å². The Morgan fingerprint density at radius 1 is 1.34 bits per heavy atom. The van der Waals surface area contributed by atoms with Crippen molar-refractivity contribution in [2.45, 2.75) is 43.5 Å². The van der Waals surface area contributed by atoms with Crippen LogP contribution in [0.3, 0.4) is 0 Å². The molecule has 2 unspecified atom stereocenters. The third kappa shape index (κ3) is 5.13. The summed E-state index contributed by atoms with van der Waals surface area (Å²) in [7, 11) is 0. The van der Waals surface area contributed by atoms with Crippen LogP contribution in [0.5, 0.6) is 0 Å². The first kappa shape index (κ1) is 24.0. The number of pyridine rings is 1. The van der Waals surface area contributed by atoms with E-state index in [1.807, 2.05) is 24.3 Å². The van der Waals surface area contributed by atoms with Gasteiger partial charge in [0, 0.05) is 29.4 Å². The average Bonchev–Trinajstić information content (AvgIpc) is 3.61. The predicted molar refractivity (Wildman–Crippen MR) is 138 cm³/mol. The van der Waals surface area contributed by atoms with Crippen LogP contribution in [0.4, 0.5) is 5.82 Å². The van der Waals surface area contributed by atoms with E-state index in [2.05, 4.69) is 42.5 Å². The Bertz CT molecular complexity index is 1220. The van der Waals surface area contributed by atoms with Gasteiger partial charge in [0.15, 0.2) is 5.82 Å². The number of thioether (sulfide) groups is 1. The molecule has 1 aromatic carbocycles. The number of carbonyl (C=O) groups excluding carboxylic acids is 1. The molecule has 8 nitrogen and oxygen atoms in total. The van der Waals surface area contributed by atoms with Crippen molar-refractivity contribution >= 4 is 40.0 Å². The minimum absolute atomic E-state index is 0.0267. The van der Waals surface area contributed by atoms with Crippen LogP contribution in [-0.2, 0) is 4.79 Å². The van der Waals surface area contributed by atoms with E-state index in [4.69, 9.17) is 11.6 Å². The molecule has 4 heterocycles. The van der Waals surface area contributed by atoms with Gasteiger partial charge in [-0.3, -0.25) is 9.69 Å². The van der Waals surface area contributed by atoms with Gasteiger partial charge >= 0.3 is 0 Å². The lowest BCUT2D eigenvalue weighted by Crippen LogP contribution is -2.36. The molecular formula is C25H27ClN6O2S. The summed E-state index contributed by atoms with van der Waals surface area (Å²) in [6, 6.07) is 12.0. The number of aromatic amines is 1. The number of likely N-dealkylation sites (tertiary alicyclic amines) is 1. The number of amides is 1. The lowest BCUT2D eigenvalue weighted by Gasteiger charge is -2.34. The van der Waals surface area contributed by atoms with E-state index in [9.17, 15) is 9.90 Å². The van der Waals surface area contributed by atoms with Crippen LogP contribution in [0, 0.1) is 0 Å². The fourth-order valence-corrected chi connectivity index (χ4v) is 6.54. The van der Waals surface area contributed by atoms with E-state index in [1.54, 1.807) is 24.3 Å². The number of carbonyl (C=O) groups is 1. The maximum Gasteiger partial charge on any atom is 0.222 e. The molecule has 1 amide bonds. The smallest absolute Gasteiger partial charge is 0.222 e. The summed E-state index contributed by atoms with van der Waals surface area (Å²) in [5.41, 5.74) is 3.45. The third-order valence-corrected chi connectivity index (χ3v) is 8.20. The first-order valence-electron chi connectivity index (χ1n) is 11.6. The molecular weight excluding hydrogens is 484 g/mol. The molecule has 0 aliphatic carbocycles. The first-order chi connectivity index (χ1) is 17.0. The third-order valence-electron chi connectivity index (χ3n) is 6.53. The number of hydrogen-bond acceptors (Lipinski definition) is 7. The highest BCUT2D eigenvalue weighted by Gasteiger charge is 2.39. The fraction of sp³-hybridized carbons (Fsp3) is 0.360. The molecule has 2 aliphatic rings. The Morgan fingerprint density at radius 2 is 2.17 bits per heavy atom. The van der Waals surface area contributed by atoms with E-state index >= 15 is 0 Å². The predicted octanol–water partition coefficient (Wildman–Crippen LogP) is 4.60. The Kier molecular flexibility index (Phi) is 7.19. The van der Waals surface area contributed by atoms with Crippen molar-refractivity contribution in [3.05, 3.63) is 76.5 Å². The van der Waals surface area contributed by atoms with Crippen LogP contribution in [0.15, 0.2) is 54.5 Å². The fourth-order valence-electron chi connectivity index (χ4n) is 5.03. The maximum absolute atomic E-state index is 11.6. The van der Waals surface area contributed by atoms with Gasteiger partial charge in [0.2, 0.25) is 5.91 Å². The van der Waals surface area contributed by atoms with Gasteiger partial charge in [0.1, 0.15) is 12.1 Å². The minimum atomic E-state index is -0.151. The monoisotopic (exact) mass is 510 g/mol. The highest BCUT2D eigenvalue weighted by atomic mass is 35.5. The molecule has 2 aromatic heterocycles. The number of benzene rings is 1. The van der Waals surface area contributed by atoms with Gasteiger partial charge in [0.05, 0.1) is 17.6 Å². The summed E-state index contributed by atoms with van der Waals surface area (Å²) in [5.74, 6) is 1.13. The summed E-state index contributed by atoms with van der Waals surface area (Å²) < 4.78 is 0. The summed E-state index contributed by atoms with van der Waals surface area (Å²) in [6.07, 6.45) is 6.12. The second-order valence-corrected chi connectivity index (χ2v) is 10.5. The number of aromatic nitrogens is 4. The van der Waals surface area contributed by atoms with Gasteiger partial charge in [-0.05, 0) is 66.8 Å². The zero-order valence-electron chi connectivity index (χ0n) is 19.3. The molecule has 3 aromatic rings. The number of halogens is 1. The van der Waals surface area contributed by atoms with Gasteiger partial charge in [-0.2, -0.15) is 0 Å². The van der Waals surface area contributed by atoms with Crippen molar-refractivity contribution in [3.63, 3.8) is 0 Å². The van der Waals surface area contributed by atoms with Crippen LogP contribution in [0.1, 0.15) is 54.4 Å². The molecule has 10 heteroatoms. The largest absolute Gasteiger partial charge is 0.395 e. The second kappa shape index (κ2) is 10.5. The van der Waals surface area contributed by atoms with Gasteiger partial charge in [-0.15, -0.1) is 22.0 Å². The van der Waals surface area contributed by atoms with Crippen molar-refractivity contribution in [2.24, 2.45) is 0 Å². The van der Waals surface area contributed by atoms with Crippen LogP contribution in [0.25, 0.3) is 4.91 Å². The maximum atomic E-state index is 11.6. The molecule has 1 fully saturated rings. The number of aliphatic hydroxyl groups excluding tert-OH is 1. The summed E-state index contributed by atoms with van der Waals surface area (Å²) in [4.78, 5) is 22.5.